The predicted molar refractivity (Wildman–Crippen MR) is 80.2 cm³/mol. The van der Waals surface area contributed by atoms with E-state index in [1.165, 1.54) is 0 Å². The molecule has 0 amide bonds. The molecule has 4 rings (SSSR count). The van der Waals surface area contributed by atoms with Crippen molar-refractivity contribution in [2.75, 3.05) is 0 Å². The van der Waals surface area contributed by atoms with Crippen LogP contribution in [0.1, 0.15) is 11.3 Å². The molecule has 0 fully saturated rings. The van der Waals surface area contributed by atoms with E-state index in [1.54, 1.807) is 4.68 Å². The van der Waals surface area contributed by atoms with Crippen molar-refractivity contribution in [3.8, 4) is 22.8 Å². The van der Waals surface area contributed by atoms with Gasteiger partial charge in [0.25, 0.3) is 0 Å². The van der Waals surface area contributed by atoms with Gasteiger partial charge in [0.15, 0.2) is 5.82 Å². The molecule has 104 valence electrons. The van der Waals surface area contributed by atoms with Gasteiger partial charge in [0, 0.05) is 37.5 Å². The average molecular weight is 277 g/mol. The van der Waals surface area contributed by atoms with Crippen molar-refractivity contribution in [3.05, 3.63) is 53.9 Å². The molecule has 2 aromatic heterocycles. The van der Waals surface area contributed by atoms with Crippen molar-refractivity contribution in [2.24, 2.45) is 7.05 Å². The van der Waals surface area contributed by atoms with E-state index in [2.05, 4.69) is 10.4 Å². The van der Waals surface area contributed by atoms with E-state index in [0.29, 0.717) is 0 Å². The van der Waals surface area contributed by atoms with Crippen LogP contribution in [0.5, 0.6) is 0 Å². The highest BCUT2D eigenvalue weighted by Crippen LogP contribution is 2.28. The summed E-state index contributed by atoms with van der Waals surface area (Å²) in [5.41, 5.74) is 5.10. The number of hydrogen-bond donors (Lipinski definition) is 1. The Hall–Kier alpha value is -2.53. The first kappa shape index (κ1) is 12.2. The van der Waals surface area contributed by atoms with Gasteiger partial charge in [-0.3, -0.25) is 4.68 Å². The predicted octanol–water partition coefficient (Wildman–Crippen LogP) is 2.15. The van der Waals surface area contributed by atoms with Gasteiger partial charge in [-0.1, -0.05) is 30.3 Å². The van der Waals surface area contributed by atoms with E-state index in [9.17, 15) is 0 Å². The lowest BCUT2D eigenvalue weighted by atomic mass is 10.1. The quantitative estimate of drug-likeness (QED) is 0.780. The Morgan fingerprint density at radius 2 is 1.90 bits per heavy atom. The van der Waals surface area contributed by atoms with Crippen LogP contribution in [0.4, 0.5) is 0 Å². The van der Waals surface area contributed by atoms with Gasteiger partial charge < -0.3 is 5.32 Å². The minimum atomic E-state index is 0.763. The highest BCUT2D eigenvalue weighted by atomic mass is 15.3. The van der Waals surface area contributed by atoms with Crippen molar-refractivity contribution in [2.45, 2.75) is 13.1 Å². The van der Waals surface area contributed by atoms with Crippen molar-refractivity contribution in [1.29, 1.82) is 0 Å². The van der Waals surface area contributed by atoms with Gasteiger partial charge in [0.05, 0.1) is 11.4 Å². The zero-order valence-electron chi connectivity index (χ0n) is 11.7. The maximum Gasteiger partial charge on any atom is 0.160 e. The van der Waals surface area contributed by atoms with Crippen molar-refractivity contribution in [1.82, 2.24) is 25.1 Å². The van der Waals surface area contributed by atoms with Crippen LogP contribution in [0.2, 0.25) is 0 Å². The molecule has 3 heterocycles. The SMILES string of the molecule is Cn1ccc(-c2nc(-c3ccccc3)nc3c2CNC3)n1. The average Bonchev–Trinajstić information content (AvgIpc) is 3.15. The Labute approximate surface area is 122 Å². The highest BCUT2D eigenvalue weighted by molar-refractivity contribution is 5.65. The van der Waals surface area contributed by atoms with Gasteiger partial charge in [0.2, 0.25) is 0 Å². The Balaban J connectivity index is 1.92. The fraction of sp³-hybridized carbons (Fsp3) is 0.188. The Morgan fingerprint density at radius 3 is 2.67 bits per heavy atom. The molecule has 3 aromatic rings. The van der Waals surface area contributed by atoms with E-state index < -0.39 is 0 Å². The second kappa shape index (κ2) is 4.79. The van der Waals surface area contributed by atoms with E-state index in [0.717, 1.165) is 47.1 Å². The van der Waals surface area contributed by atoms with E-state index in [1.807, 2.05) is 49.6 Å². The standard InChI is InChI=1S/C16H15N5/c1-21-8-7-13(20-21)15-12-9-17-10-14(12)18-16(19-15)11-5-3-2-4-6-11/h2-8,17H,9-10H2,1H3. The van der Waals surface area contributed by atoms with Gasteiger partial charge in [-0.25, -0.2) is 9.97 Å². The number of nitrogens with one attached hydrogen (secondary N) is 1. The summed E-state index contributed by atoms with van der Waals surface area (Å²) < 4.78 is 1.80. The van der Waals surface area contributed by atoms with Crippen LogP contribution in [-0.2, 0) is 20.1 Å². The van der Waals surface area contributed by atoms with Crippen molar-refractivity contribution >= 4 is 0 Å². The smallest absolute Gasteiger partial charge is 0.160 e. The molecular weight excluding hydrogens is 262 g/mol. The summed E-state index contributed by atoms with van der Waals surface area (Å²) in [6.45, 7) is 1.59. The normalized spacial score (nSPS) is 13.4. The topological polar surface area (TPSA) is 55.6 Å². The Bertz CT molecular complexity index is 792. The third-order valence-electron chi connectivity index (χ3n) is 3.68. The monoisotopic (exact) mass is 277 g/mol. The molecule has 21 heavy (non-hydrogen) atoms. The second-order valence-electron chi connectivity index (χ2n) is 5.17. The summed E-state index contributed by atoms with van der Waals surface area (Å²) in [6.07, 6.45) is 1.94. The van der Waals surface area contributed by atoms with Gasteiger partial charge in [-0.05, 0) is 6.07 Å². The number of aryl methyl sites for hydroxylation is 1. The summed E-state index contributed by atoms with van der Waals surface area (Å²) in [5.74, 6) is 0.763. The van der Waals surface area contributed by atoms with Crippen LogP contribution in [0.25, 0.3) is 22.8 Å². The third kappa shape index (κ3) is 2.11. The number of benzene rings is 1. The van der Waals surface area contributed by atoms with Gasteiger partial charge in [-0.15, -0.1) is 0 Å². The lowest BCUT2D eigenvalue weighted by Crippen LogP contribution is -2.01. The number of rotatable bonds is 2. The van der Waals surface area contributed by atoms with E-state index in [4.69, 9.17) is 9.97 Å². The molecular formula is C16H15N5. The van der Waals surface area contributed by atoms with Crippen LogP contribution < -0.4 is 5.32 Å². The molecule has 0 atom stereocenters. The second-order valence-corrected chi connectivity index (χ2v) is 5.17. The molecule has 0 saturated heterocycles. The number of hydrogen-bond acceptors (Lipinski definition) is 4. The molecule has 1 aliphatic heterocycles. The first-order valence-corrected chi connectivity index (χ1v) is 6.97. The minimum absolute atomic E-state index is 0.763. The molecule has 1 aromatic carbocycles. The third-order valence-corrected chi connectivity index (χ3v) is 3.68. The van der Waals surface area contributed by atoms with E-state index in [-0.39, 0.29) is 0 Å². The van der Waals surface area contributed by atoms with Crippen LogP contribution in [0, 0.1) is 0 Å². The lowest BCUT2D eigenvalue weighted by Gasteiger charge is -2.08. The number of aromatic nitrogens is 4. The van der Waals surface area contributed by atoms with E-state index >= 15 is 0 Å². The summed E-state index contributed by atoms with van der Waals surface area (Å²) in [7, 11) is 1.92. The molecule has 1 aliphatic rings. The van der Waals surface area contributed by atoms with Gasteiger partial charge in [-0.2, -0.15) is 5.10 Å². The maximum absolute atomic E-state index is 4.77. The molecule has 0 saturated carbocycles. The molecule has 0 spiro atoms. The van der Waals surface area contributed by atoms with Crippen LogP contribution in [-0.4, -0.2) is 19.7 Å². The Morgan fingerprint density at radius 1 is 1.05 bits per heavy atom. The summed E-state index contributed by atoms with van der Waals surface area (Å²) in [4.78, 5) is 9.48. The van der Waals surface area contributed by atoms with Crippen LogP contribution in [0.3, 0.4) is 0 Å². The largest absolute Gasteiger partial charge is 0.307 e. The molecule has 5 heteroatoms. The fourth-order valence-electron chi connectivity index (χ4n) is 2.64. The molecule has 5 nitrogen and oxygen atoms in total. The van der Waals surface area contributed by atoms with Crippen LogP contribution >= 0.6 is 0 Å². The Kier molecular flexibility index (Phi) is 2.79. The van der Waals surface area contributed by atoms with Crippen molar-refractivity contribution < 1.29 is 0 Å². The molecule has 0 unspecified atom stereocenters. The zero-order chi connectivity index (χ0) is 14.2. The fourth-order valence-corrected chi connectivity index (χ4v) is 2.64. The first-order chi connectivity index (χ1) is 10.3. The number of fused-ring (bicyclic) bond motifs is 1. The highest BCUT2D eigenvalue weighted by Gasteiger charge is 2.21. The van der Waals surface area contributed by atoms with Gasteiger partial charge >= 0.3 is 0 Å². The molecule has 0 aliphatic carbocycles. The van der Waals surface area contributed by atoms with Crippen LogP contribution in [0.15, 0.2) is 42.6 Å². The molecule has 0 bridgehead atoms. The summed E-state index contributed by atoms with van der Waals surface area (Å²) in [5, 5.41) is 7.84. The minimum Gasteiger partial charge on any atom is -0.307 e. The first-order valence-electron chi connectivity index (χ1n) is 6.97. The number of nitrogens with zero attached hydrogens (tertiary/aromatic N) is 4. The van der Waals surface area contributed by atoms with Gasteiger partial charge in [0.1, 0.15) is 5.69 Å². The summed E-state index contributed by atoms with van der Waals surface area (Å²) in [6, 6.07) is 12.1. The lowest BCUT2D eigenvalue weighted by molar-refractivity contribution is 0.756. The van der Waals surface area contributed by atoms with Crippen molar-refractivity contribution in [3.63, 3.8) is 0 Å². The maximum atomic E-state index is 4.77. The molecule has 0 radical (unpaired) electrons. The zero-order valence-corrected chi connectivity index (χ0v) is 11.7. The molecule has 1 N–H and O–H groups in total. The summed E-state index contributed by atoms with van der Waals surface area (Å²) >= 11 is 0.